The van der Waals surface area contributed by atoms with Gasteiger partial charge in [0.25, 0.3) is 0 Å². The van der Waals surface area contributed by atoms with Crippen LogP contribution < -0.4 is 9.92 Å². The standard InChI is InChI=1S/C31H48O5Si/c1-6-7-19-37(4,5)30-16-12-28(13-17-30)27-10-14-29(15-11-27)34-18-8-9-25(20-32)21-33-22-26-23-35-31(2,3)36-24-26/h10-17,25-26,32H,6-9,18-24H2,1-5H3. The molecule has 206 valence electrons. The minimum absolute atomic E-state index is 0.117. The van der Waals surface area contributed by atoms with Gasteiger partial charge < -0.3 is 24.1 Å². The van der Waals surface area contributed by atoms with Crippen LogP contribution in [0.1, 0.15) is 46.5 Å². The lowest BCUT2D eigenvalue weighted by atomic mass is 10.1. The van der Waals surface area contributed by atoms with Crippen LogP contribution in [0.4, 0.5) is 0 Å². The van der Waals surface area contributed by atoms with Gasteiger partial charge in [-0.3, -0.25) is 0 Å². The van der Waals surface area contributed by atoms with Gasteiger partial charge in [-0.15, -0.1) is 0 Å². The Labute approximate surface area is 225 Å². The maximum Gasteiger partial charge on any atom is 0.162 e. The first-order valence-electron chi connectivity index (χ1n) is 14.0. The van der Waals surface area contributed by atoms with Gasteiger partial charge in [0, 0.05) is 18.4 Å². The second-order valence-corrected chi connectivity index (χ2v) is 16.4. The number of aliphatic hydroxyl groups is 1. The van der Waals surface area contributed by atoms with Crippen LogP contribution in [0.25, 0.3) is 11.1 Å². The van der Waals surface area contributed by atoms with E-state index in [0.717, 1.165) is 18.6 Å². The summed E-state index contributed by atoms with van der Waals surface area (Å²) in [5, 5.41) is 11.3. The van der Waals surface area contributed by atoms with Crippen LogP contribution in [0.2, 0.25) is 19.1 Å². The van der Waals surface area contributed by atoms with Gasteiger partial charge >= 0.3 is 0 Å². The van der Waals surface area contributed by atoms with Gasteiger partial charge in [0.1, 0.15) is 5.75 Å². The zero-order valence-corrected chi connectivity index (χ0v) is 24.6. The fourth-order valence-corrected chi connectivity index (χ4v) is 7.23. The third kappa shape index (κ3) is 9.84. The SMILES string of the molecule is CCCC[Si](C)(C)c1ccc(-c2ccc(OCCCC(CO)COCC3COC(C)(C)OC3)cc2)cc1. The highest BCUT2D eigenvalue weighted by atomic mass is 28.3. The molecule has 1 saturated heterocycles. The molecule has 3 rings (SSSR count). The molecule has 5 nitrogen and oxygen atoms in total. The first-order valence-corrected chi connectivity index (χ1v) is 17.2. The number of rotatable bonds is 15. The Morgan fingerprint density at radius 2 is 1.59 bits per heavy atom. The van der Waals surface area contributed by atoms with Crippen molar-refractivity contribution in [2.75, 3.05) is 39.6 Å². The molecule has 1 N–H and O–H groups in total. The third-order valence-corrected chi connectivity index (χ3v) is 10.8. The largest absolute Gasteiger partial charge is 0.494 e. The molecule has 0 aliphatic carbocycles. The van der Waals surface area contributed by atoms with E-state index < -0.39 is 13.9 Å². The van der Waals surface area contributed by atoms with Crippen molar-refractivity contribution in [3.05, 3.63) is 48.5 Å². The lowest BCUT2D eigenvalue weighted by Gasteiger charge is -2.34. The maximum atomic E-state index is 9.72. The Morgan fingerprint density at radius 1 is 0.973 bits per heavy atom. The van der Waals surface area contributed by atoms with E-state index in [1.54, 1.807) is 0 Å². The van der Waals surface area contributed by atoms with E-state index in [9.17, 15) is 5.11 Å². The van der Waals surface area contributed by atoms with E-state index in [2.05, 4.69) is 56.4 Å². The van der Waals surface area contributed by atoms with Crippen molar-refractivity contribution in [3.63, 3.8) is 0 Å². The van der Waals surface area contributed by atoms with Gasteiger partial charge in [-0.1, -0.05) is 80.5 Å². The molecule has 1 aliphatic rings. The summed E-state index contributed by atoms with van der Waals surface area (Å²) in [4.78, 5) is 0. The smallest absolute Gasteiger partial charge is 0.162 e. The zero-order valence-electron chi connectivity index (χ0n) is 23.6. The van der Waals surface area contributed by atoms with Crippen molar-refractivity contribution in [3.8, 4) is 16.9 Å². The highest BCUT2D eigenvalue weighted by Gasteiger charge is 2.28. The molecule has 6 heteroatoms. The first-order chi connectivity index (χ1) is 17.7. The van der Waals surface area contributed by atoms with Crippen LogP contribution in [-0.4, -0.2) is 58.6 Å². The van der Waals surface area contributed by atoms with E-state index in [4.69, 9.17) is 18.9 Å². The third-order valence-electron chi connectivity index (χ3n) is 7.33. The average Bonchev–Trinajstić information content (AvgIpc) is 2.90. The van der Waals surface area contributed by atoms with E-state index in [-0.39, 0.29) is 18.4 Å². The van der Waals surface area contributed by atoms with Crippen molar-refractivity contribution in [2.24, 2.45) is 11.8 Å². The van der Waals surface area contributed by atoms with Gasteiger partial charge in [-0.05, 0) is 49.9 Å². The van der Waals surface area contributed by atoms with Crippen LogP contribution in [0.5, 0.6) is 5.75 Å². The number of hydrogen-bond acceptors (Lipinski definition) is 5. The van der Waals surface area contributed by atoms with Crippen LogP contribution in [-0.2, 0) is 14.2 Å². The monoisotopic (exact) mass is 528 g/mol. The summed E-state index contributed by atoms with van der Waals surface area (Å²) in [6, 6.07) is 18.9. The van der Waals surface area contributed by atoms with Gasteiger partial charge in [0.05, 0.1) is 41.1 Å². The number of ether oxygens (including phenoxy) is 4. The summed E-state index contributed by atoms with van der Waals surface area (Å²) < 4.78 is 23.2. The lowest BCUT2D eigenvalue weighted by Crippen LogP contribution is -2.41. The lowest BCUT2D eigenvalue weighted by molar-refractivity contribution is -0.266. The maximum absolute atomic E-state index is 9.72. The molecule has 0 spiro atoms. The molecule has 0 aromatic heterocycles. The second kappa shape index (κ2) is 14.5. The predicted molar refractivity (Wildman–Crippen MR) is 154 cm³/mol. The molecular formula is C31H48O5Si. The van der Waals surface area contributed by atoms with Crippen molar-refractivity contribution < 1.29 is 24.1 Å². The zero-order chi connectivity index (χ0) is 26.7. The topological polar surface area (TPSA) is 57.2 Å². The molecule has 1 fully saturated rings. The number of hydrogen-bond donors (Lipinski definition) is 1. The van der Waals surface area contributed by atoms with Crippen LogP contribution in [0, 0.1) is 11.8 Å². The molecule has 0 bridgehead atoms. The van der Waals surface area contributed by atoms with Crippen molar-refractivity contribution in [1.29, 1.82) is 0 Å². The average molecular weight is 529 g/mol. The van der Waals surface area contributed by atoms with E-state index in [0.29, 0.717) is 33.0 Å². The van der Waals surface area contributed by atoms with Crippen LogP contribution in [0.15, 0.2) is 48.5 Å². The highest BCUT2D eigenvalue weighted by Crippen LogP contribution is 2.24. The van der Waals surface area contributed by atoms with E-state index in [1.165, 1.54) is 35.2 Å². The van der Waals surface area contributed by atoms with E-state index >= 15 is 0 Å². The van der Waals surface area contributed by atoms with E-state index in [1.807, 2.05) is 26.0 Å². The Hall–Kier alpha value is -1.70. The van der Waals surface area contributed by atoms with Crippen molar-refractivity contribution >= 4 is 13.3 Å². The van der Waals surface area contributed by atoms with Crippen LogP contribution in [0.3, 0.4) is 0 Å². The highest BCUT2D eigenvalue weighted by molar-refractivity contribution is 6.89. The Morgan fingerprint density at radius 3 is 2.19 bits per heavy atom. The minimum Gasteiger partial charge on any atom is -0.494 e. The van der Waals surface area contributed by atoms with Crippen molar-refractivity contribution in [1.82, 2.24) is 0 Å². The van der Waals surface area contributed by atoms with Gasteiger partial charge in [-0.25, -0.2) is 0 Å². The molecule has 0 amide bonds. The second-order valence-electron chi connectivity index (χ2n) is 11.6. The summed E-state index contributed by atoms with van der Waals surface area (Å²) in [5.74, 6) is 0.745. The molecule has 1 heterocycles. The molecule has 0 saturated carbocycles. The van der Waals surface area contributed by atoms with Gasteiger partial charge in [0.2, 0.25) is 0 Å². The number of unbranched alkanes of at least 4 members (excludes halogenated alkanes) is 1. The van der Waals surface area contributed by atoms with Gasteiger partial charge in [-0.2, -0.15) is 0 Å². The number of benzene rings is 2. The summed E-state index contributed by atoms with van der Waals surface area (Å²) in [6.45, 7) is 14.3. The van der Waals surface area contributed by atoms with Crippen molar-refractivity contribution in [2.45, 2.75) is 71.4 Å². The van der Waals surface area contributed by atoms with Gasteiger partial charge in [0.15, 0.2) is 5.79 Å². The van der Waals surface area contributed by atoms with Crippen LogP contribution >= 0.6 is 0 Å². The number of aliphatic hydroxyl groups excluding tert-OH is 1. The molecule has 0 radical (unpaired) electrons. The predicted octanol–water partition coefficient (Wildman–Crippen LogP) is 6.25. The summed E-state index contributed by atoms with van der Waals surface area (Å²) >= 11 is 0. The molecule has 2 aromatic rings. The molecule has 2 aromatic carbocycles. The first kappa shape index (κ1) is 29.8. The Kier molecular flexibility index (Phi) is 11.7. The molecule has 1 aliphatic heterocycles. The Balaban J connectivity index is 1.36. The molecule has 37 heavy (non-hydrogen) atoms. The molecular weight excluding hydrogens is 480 g/mol. The minimum atomic E-state index is -1.34. The summed E-state index contributed by atoms with van der Waals surface area (Å²) in [7, 11) is -1.34. The molecule has 1 atom stereocenters. The Bertz CT molecular complexity index is 900. The fraction of sp³-hybridized carbons (Fsp3) is 0.613. The molecule has 1 unspecified atom stereocenters. The summed E-state index contributed by atoms with van der Waals surface area (Å²) in [6.07, 6.45) is 4.33. The summed E-state index contributed by atoms with van der Waals surface area (Å²) in [5.41, 5.74) is 2.46. The normalized spacial score (nSPS) is 17.0. The quantitative estimate of drug-likeness (QED) is 0.219. The fourth-order valence-electron chi connectivity index (χ4n) is 4.63.